The molecule has 1 aliphatic carbocycles. The van der Waals surface area contributed by atoms with Crippen LogP contribution in [0.5, 0.6) is 0 Å². The zero-order valence-electron chi connectivity index (χ0n) is 14.5. The lowest BCUT2D eigenvalue weighted by molar-refractivity contribution is 0.143. The average Bonchev–Trinajstić information content (AvgIpc) is 2.88. The fourth-order valence-corrected chi connectivity index (χ4v) is 3.63. The maximum absolute atomic E-state index is 9.53. The van der Waals surface area contributed by atoms with Crippen LogP contribution in [0.25, 0.3) is 0 Å². The molecule has 1 aliphatic rings. The molecule has 0 aromatic rings. The zero-order valence-corrected chi connectivity index (χ0v) is 14.5. The fraction of sp³-hybridized carbons (Fsp3) is 1.00. The highest BCUT2D eigenvalue weighted by Gasteiger charge is 2.38. The Labute approximate surface area is 131 Å². The Morgan fingerprint density at radius 1 is 1.05 bits per heavy atom. The van der Waals surface area contributed by atoms with Gasteiger partial charge in [0.2, 0.25) is 0 Å². The van der Waals surface area contributed by atoms with Gasteiger partial charge in [-0.3, -0.25) is 0 Å². The monoisotopic (exact) mass is 299 g/mol. The Hall–Kier alpha value is -0.160. The fourth-order valence-electron chi connectivity index (χ4n) is 3.63. The van der Waals surface area contributed by atoms with E-state index in [1.165, 1.54) is 32.4 Å². The van der Waals surface area contributed by atoms with Crippen LogP contribution in [0.15, 0.2) is 0 Å². The van der Waals surface area contributed by atoms with Gasteiger partial charge in [-0.2, -0.15) is 0 Å². The molecule has 126 valence electrons. The molecular formula is C17H37N3O. The van der Waals surface area contributed by atoms with Crippen LogP contribution in [0, 0.1) is 5.92 Å². The van der Waals surface area contributed by atoms with Crippen LogP contribution in [0.3, 0.4) is 0 Å². The van der Waals surface area contributed by atoms with Crippen molar-refractivity contribution in [2.24, 2.45) is 11.7 Å². The number of nitrogens with zero attached hydrogens (tertiary/aromatic N) is 2. The summed E-state index contributed by atoms with van der Waals surface area (Å²) in [6, 6.07) is 0. The molecule has 0 spiro atoms. The Bertz CT molecular complexity index is 271. The van der Waals surface area contributed by atoms with Crippen molar-refractivity contribution in [2.45, 2.75) is 58.4 Å². The SMILES string of the molecule is CCN(CC)CCCN(CC)CCC1CCCC1(N)CO. The van der Waals surface area contributed by atoms with E-state index in [2.05, 4.69) is 30.6 Å². The molecular weight excluding hydrogens is 262 g/mol. The van der Waals surface area contributed by atoms with E-state index in [1.807, 2.05) is 0 Å². The quantitative estimate of drug-likeness (QED) is 0.612. The van der Waals surface area contributed by atoms with Crippen molar-refractivity contribution < 1.29 is 5.11 Å². The van der Waals surface area contributed by atoms with Gasteiger partial charge in [0.05, 0.1) is 6.61 Å². The molecule has 3 N–H and O–H groups in total. The summed E-state index contributed by atoms with van der Waals surface area (Å²) in [5.41, 5.74) is 6.03. The van der Waals surface area contributed by atoms with Crippen molar-refractivity contribution in [1.82, 2.24) is 9.80 Å². The van der Waals surface area contributed by atoms with Gasteiger partial charge in [0, 0.05) is 5.54 Å². The molecule has 21 heavy (non-hydrogen) atoms. The number of hydrogen-bond donors (Lipinski definition) is 2. The molecule has 0 aliphatic heterocycles. The Morgan fingerprint density at radius 2 is 1.67 bits per heavy atom. The van der Waals surface area contributed by atoms with Crippen LogP contribution in [0.1, 0.15) is 52.9 Å². The second-order valence-electron chi connectivity index (χ2n) is 6.58. The van der Waals surface area contributed by atoms with Gasteiger partial charge in [-0.05, 0) is 70.9 Å². The van der Waals surface area contributed by atoms with Gasteiger partial charge < -0.3 is 20.6 Å². The van der Waals surface area contributed by atoms with Crippen molar-refractivity contribution in [3.8, 4) is 0 Å². The number of aliphatic hydroxyl groups excluding tert-OH is 1. The van der Waals surface area contributed by atoms with E-state index in [4.69, 9.17) is 5.73 Å². The molecule has 1 saturated carbocycles. The first-order valence-corrected chi connectivity index (χ1v) is 8.94. The van der Waals surface area contributed by atoms with Crippen LogP contribution < -0.4 is 5.73 Å². The predicted octanol–water partition coefficient (Wildman–Crippen LogP) is 1.92. The van der Waals surface area contributed by atoms with E-state index in [0.29, 0.717) is 5.92 Å². The normalized spacial score (nSPS) is 26.1. The van der Waals surface area contributed by atoms with E-state index in [1.54, 1.807) is 0 Å². The van der Waals surface area contributed by atoms with Gasteiger partial charge in [-0.25, -0.2) is 0 Å². The lowest BCUT2D eigenvalue weighted by atomic mass is 9.86. The first-order chi connectivity index (χ1) is 10.1. The minimum atomic E-state index is -0.305. The predicted molar refractivity (Wildman–Crippen MR) is 90.5 cm³/mol. The summed E-state index contributed by atoms with van der Waals surface area (Å²) >= 11 is 0. The third-order valence-corrected chi connectivity index (χ3v) is 5.39. The molecule has 1 fully saturated rings. The molecule has 0 heterocycles. The molecule has 4 heteroatoms. The molecule has 0 radical (unpaired) electrons. The Balaban J connectivity index is 2.27. The first kappa shape index (κ1) is 18.9. The van der Waals surface area contributed by atoms with Crippen molar-refractivity contribution in [3.63, 3.8) is 0 Å². The highest BCUT2D eigenvalue weighted by molar-refractivity contribution is 4.96. The standard InChI is InChI=1S/C17H37N3O/c1-4-19(5-2)12-8-13-20(6-3)14-10-16-9-7-11-17(16,18)15-21/h16,21H,4-15,18H2,1-3H3. The third kappa shape index (κ3) is 5.85. The van der Waals surface area contributed by atoms with Gasteiger partial charge in [-0.1, -0.05) is 27.2 Å². The lowest BCUT2D eigenvalue weighted by Crippen LogP contribution is -2.47. The zero-order chi connectivity index (χ0) is 15.7. The summed E-state index contributed by atoms with van der Waals surface area (Å²) in [6.07, 6.45) is 5.73. The van der Waals surface area contributed by atoms with E-state index in [0.717, 1.165) is 39.0 Å². The maximum atomic E-state index is 9.53. The number of aliphatic hydroxyl groups is 1. The molecule has 0 aromatic carbocycles. The van der Waals surface area contributed by atoms with Crippen LogP contribution in [0.4, 0.5) is 0 Å². The van der Waals surface area contributed by atoms with Gasteiger partial charge in [-0.15, -0.1) is 0 Å². The summed E-state index contributed by atoms with van der Waals surface area (Å²) < 4.78 is 0. The molecule has 4 nitrogen and oxygen atoms in total. The van der Waals surface area contributed by atoms with E-state index in [-0.39, 0.29) is 12.1 Å². The minimum absolute atomic E-state index is 0.145. The molecule has 0 bridgehead atoms. The smallest absolute Gasteiger partial charge is 0.0613 e. The van der Waals surface area contributed by atoms with Crippen LogP contribution in [-0.4, -0.2) is 66.3 Å². The highest BCUT2D eigenvalue weighted by Crippen LogP contribution is 2.35. The average molecular weight is 300 g/mol. The Morgan fingerprint density at radius 3 is 2.24 bits per heavy atom. The summed E-state index contributed by atoms with van der Waals surface area (Å²) in [5.74, 6) is 0.499. The molecule has 0 amide bonds. The number of nitrogens with two attached hydrogens (primary N) is 1. The van der Waals surface area contributed by atoms with Crippen molar-refractivity contribution in [1.29, 1.82) is 0 Å². The Kier molecular flexibility index (Phi) is 8.79. The number of hydrogen-bond acceptors (Lipinski definition) is 4. The first-order valence-electron chi connectivity index (χ1n) is 8.94. The van der Waals surface area contributed by atoms with E-state index in [9.17, 15) is 5.11 Å². The molecule has 2 unspecified atom stereocenters. The summed E-state index contributed by atoms with van der Waals surface area (Å²) in [6.45, 7) is 13.8. The van der Waals surface area contributed by atoms with Crippen LogP contribution in [-0.2, 0) is 0 Å². The molecule has 0 saturated heterocycles. The van der Waals surface area contributed by atoms with Crippen molar-refractivity contribution >= 4 is 0 Å². The van der Waals surface area contributed by atoms with E-state index < -0.39 is 0 Å². The van der Waals surface area contributed by atoms with Gasteiger partial charge in [0.1, 0.15) is 0 Å². The van der Waals surface area contributed by atoms with Gasteiger partial charge >= 0.3 is 0 Å². The molecule has 0 aromatic heterocycles. The summed E-state index contributed by atoms with van der Waals surface area (Å²) in [5, 5.41) is 9.53. The van der Waals surface area contributed by atoms with Gasteiger partial charge in [0.25, 0.3) is 0 Å². The lowest BCUT2D eigenvalue weighted by Gasteiger charge is -2.31. The molecule has 2 atom stereocenters. The largest absolute Gasteiger partial charge is 0.394 e. The van der Waals surface area contributed by atoms with Gasteiger partial charge in [0.15, 0.2) is 0 Å². The maximum Gasteiger partial charge on any atom is 0.0613 e. The number of rotatable bonds is 11. The summed E-state index contributed by atoms with van der Waals surface area (Å²) in [4.78, 5) is 5.03. The minimum Gasteiger partial charge on any atom is -0.394 e. The molecule has 1 rings (SSSR count). The topological polar surface area (TPSA) is 52.7 Å². The van der Waals surface area contributed by atoms with Crippen molar-refractivity contribution in [3.05, 3.63) is 0 Å². The second kappa shape index (κ2) is 9.78. The second-order valence-corrected chi connectivity index (χ2v) is 6.58. The van der Waals surface area contributed by atoms with Crippen LogP contribution in [0.2, 0.25) is 0 Å². The highest BCUT2D eigenvalue weighted by atomic mass is 16.3. The third-order valence-electron chi connectivity index (χ3n) is 5.39. The summed E-state index contributed by atoms with van der Waals surface area (Å²) in [7, 11) is 0. The van der Waals surface area contributed by atoms with Crippen LogP contribution >= 0.6 is 0 Å². The van der Waals surface area contributed by atoms with Crippen molar-refractivity contribution in [2.75, 3.05) is 45.9 Å². The van der Waals surface area contributed by atoms with E-state index >= 15 is 0 Å².